The number of aromatic nitrogens is 13. The van der Waals surface area contributed by atoms with Gasteiger partial charge in [0.25, 0.3) is 0 Å². The first-order valence-corrected chi connectivity index (χ1v) is 40.6. The predicted molar refractivity (Wildman–Crippen MR) is 439 cm³/mol. The second kappa shape index (κ2) is 41.8. The second-order valence-electron chi connectivity index (χ2n) is 29.8. The van der Waals surface area contributed by atoms with Crippen molar-refractivity contribution in [2.24, 2.45) is 0 Å². The number of hydrogen-bond acceptors (Lipinski definition) is 32. The molecular formula is C86H99N13O24. The van der Waals surface area contributed by atoms with Crippen molar-refractivity contribution in [1.29, 1.82) is 0 Å². The van der Waals surface area contributed by atoms with Crippen molar-refractivity contribution in [3.8, 4) is 61.8 Å². The zero-order valence-corrected chi connectivity index (χ0v) is 66.9. The van der Waals surface area contributed by atoms with Gasteiger partial charge in [0.05, 0.1) is 120 Å². The van der Waals surface area contributed by atoms with Crippen LogP contribution in [0.3, 0.4) is 0 Å². The Morgan fingerprint density at radius 2 is 0.602 bits per heavy atom. The molecule has 0 amide bonds. The minimum Gasteiger partial charge on any atom is -0.487 e. The Morgan fingerprint density at radius 3 is 0.886 bits per heavy atom. The minimum atomic E-state index is -1.53. The van der Waals surface area contributed by atoms with Crippen LogP contribution in [-0.4, -0.2) is 298 Å². The van der Waals surface area contributed by atoms with Crippen LogP contribution < -0.4 is 14.2 Å². The molecular weight excluding hydrogens is 1600 g/mol. The lowest BCUT2D eigenvalue weighted by atomic mass is 9.99. The van der Waals surface area contributed by atoms with Gasteiger partial charge in [0.15, 0.2) is 18.9 Å². The molecule has 0 saturated carbocycles. The van der Waals surface area contributed by atoms with E-state index in [-0.39, 0.29) is 39.6 Å². The molecule has 10 aromatic rings. The molecule has 5 aliphatic rings. The van der Waals surface area contributed by atoms with Gasteiger partial charge in [-0.15, -0.1) is 15.3 Å². The molecule has 15 rings (SSSR count). The van der Waals surface area contributed by atoms with Crippen molar-refractivity contribution in [2.45, 2.75) is 151 Å². The molecule has 652 valence electrons. The van der Waals surface area contributed by atoms with Crippen molar-refractivity contribution in [3.05, 3.63) is 186 Å². The van der Waals surface area contributed by atoms with Crippen molar-refractivity contribution in [1.82, 2.24) is 64.9 Å². The zero-order chi connectivity index (χ0) is 85.3. The summed E-state index contributed by atoms with van der Waals surface area (Å²) in [6, 6.07) is 41.7. The van der Waals surface area contributed by atoms with Gasteiger partial charge in [-0.1, -0.05) is 82.4 Å². The van der Waals surface area contributed by atoms with Gasteiger partial charge in [0, 0.05) is 64.1 Å². The first-order chi connectivity index (χ1) is 60.0. The third-order valence-corrected chi connectivity index (χ3v) is 21.2. The lowest BCUT2D eigenvalue weighted by Crippen LogP contribution is -2.59. The molecule has 3 fully saturated rings. The monoisotopic (exact) mass is 1700 g/mol. The molecule has 0 spiro atoms. The molecule has 5 aliphatic heterocycles. The maximum Gasteiger partial charge on any atom is 0.186 e. The highest BCUT2D eigenvalue weighted by atomic mass is 16.7. The molecule has 3 saturated heterocycles. The van der Waals surface area contributed by atoms with Gasteiger partial charge >= 0.3 is 0 Å². The highest BCUT2D eigenvalue weighted by molar-refractivity contribution is 6.00. The van der Waals surface area contributed by atoms with Crippen LogP contribution in [0.1, 0.15) is 59.1 Å². The summed E-state index contributed by atoms with van der Waals surface area (Å²) in [6.45, 7) is 2.23. The number of aliphatic hydroxyl groups is 12. The van der Waals surface area contributed by atoms with Crippen LogP contribution >= 0.6 is 0 Å². The van der Waals surface area contributed by atoms with Crippen LogP contribution in [0.5, 0.6) is 17.2 Å². The lowest BCUT2D eigenvalue weighted by molar-refractivity contribution is -0.301. The lowest BCUT2D eigenvalue weighted by Gasteiger charge is -2.39. The summed E-state index contributed by atoms with van der Waals surface area (Å²) < 4.78 is 74.3. The summed E-state index contributed by atoms with van der Waals surface area (Å²) in [5, 5.41) is 146. The Hall–Kier alpha value is -10.5. The topological polar surface area (TPSA) is 503 Å². The van der Waals surface area contributed by atoms with E-state index < -0.39 is 112 Å². The zero-order valence-electron chi connectivity index (χ0n) is 66.9. The third-order valence-electron chi connectivity index (χ3n) is 21.2. The number of aromatic amines is 2. The van der Waals surface area contributed by atoms with Gasteiger partial charge in [-0.25, -0.2) is 24.0 Å². The summed E-state index contributed by atoms with van der Waals surface area (Å²) in [6.07, 6.45) is -5.50. The van der Waals surface area contributed by atoms with Crippen LogP contribution in [0.2, 0.25) is 0 Å². The van der Waals surface area contributed by atoms with Crippen LogP contribution in [0.15, 0.2) is 146 Å². The third kappa shape index (κ3) is 21.5. The fourth-order valence-corrected chi connectivity index (χ4v) is 14.7. The first kappa shape index (κ1) is 87.4. The number of benzene rings is 4. The number of rotatable bonds is 40. The molecule has 8 bridgehead atoms. The largest absolute Gasteiger partial charge is 0.487 e. The minimum absolute atomic E-state index is 0.119. The highest BCUT2D eigenvalue weighted by Gasteiger charge is 2.46. The van der Waals surface area contributed by atoms with Crippen molar-refractivity contribution >= 4 is 46.4 Å². The molecule has 0 unspecified atom stereocenters. The van der Waals surface area contributed by atoms with E-state index in [0.717, 1.165) is 72.3 Å². The van der Waals surface area contributed by atoms with E-state index in [1.54, 1.807) is 32.6 Å². The number of H-pyrrole nitrogens is 2. The van der Waals surface area contributed by atoms with E-state index in [9.17, 15) is 61.3 Å². The average Bonchev–Trinajstić information content (AvgIpc) is 1.60. The average molecular weight is 1700 g/mol. The number of nitrogens with zero attached hydrogens (tertiary/aromatic N) is 11. The molecule has 37 heteroatoms. The molecule has 0 aliphatic carbocycles. The number of hydrogen-bond donors (Lipinski definition) is 14. The number of nitrogens with one attached hydrogen (secondary N) is 2. The Morgan fingerprint density at radius 1 is 0.317 bits per heavy atom. The van der Waals surface area contributed by atoms with Crippen molar-refractivity contribution in [2.75, 3.05) is 79.3 Å². The molecule has 4 aromatic carbocycles. The van der Waals surface area contributed by atoms with Crippen LogP contribution in [0.4, 0.5) is 0 Å². The van der Waals surface area contributed by atoms with E-state index in [2.05, 4.69) is 65.2 Å². The van der Waals surface area contributed by atoms with Gasteiger partial charge < -0.3 is 128 Å². The van der Waals surface area contributed by atoms with E-state index in [1.165, 1.54) is 0 Å². The van der Waals surface area contributed by atoms with Crippen LogP contribution in [-0.2, 0) is 82.1 Å². The van der Waals surface area contributed by atoms with Gasteiger partial charge in [0.2, 0.25) is 0 Å². The van der Waals surface area contributed by atoms with E-state index in [1.807, 2.05) is 127 Å². The summed E-state index contributed by atoms with van der Waals surface area (Å²) in [5.74, 6) is 1.76. The van der Waals surface area contributed by atoms with Gasteiger partial charge in [-0.2, -0.15) is 0 Å². The van der Waals surface area contributed by atoms with Gasteiger partial charge in [0.1, 0.15) is 127 Å². The fraction of sp³-hybridized carbons (Fsp3) is 0.419. The standard InChI is InChI=1S/C86H99N13O24/c100-44-68-75(103)78(106)81(109)84(121-68)115-35-4-32-112-38-29-97-41-54(91-94-97)47-118-57-15-9-51(10-16-57)72-62-23-21-60(87-62)71(50-7-2-1-3-8-50)61-22-24-63(88-61)73(52-11-17-58(18-12-52)119-48-55-42-98(95-92-55)30-39-113-33-5-36-116-85-82(110)79(107)76(104)69(45-101)122-85)65-26-28-67(90-65)74(66-27-25-64(72)89-66)53-13-19-59(20-14-53)120-49-56-43-99(96-93-56)31-40-114-34-6-37-117-86-83(111)80(108)77(105)70(46-102)123-86/h1-3,7-28,41-43,68-70,75-87,90,100-111H,4-6,29-40,44-49H2/t68-,69-,70-,75-,76-,77-,78+,79+,80+,81+,82+,83+,84+,85+,86+/m1/s1. The van der Waals surface area contributed by atoms with E-state index in [4.69, 9.17) is 66.8 Å². The molecule has 6 aromatic heterocycles. The summed E-state index contributed by atoms with van der Waals surface area (Å²) in [7, 11) is 0. The Kier molecular flexibility index (Phi) is 29.7. The first-order valence-electron chi connectivity index (χ1n) is 40.6. The molecule has 14 N–H and O–H groups in total. The molecule has 37 nitrogen and oxygen atoms in total. The molecule has 11 heterocycles. The highest BCUT2D eigenvalue weighted by Crippen LogP contribution is 2.40. The fourth-order valence-electron chi connectivity index (χ4n) is 14.7. The Bertz CT molecular complexity index is 5160. The van der Waals surface area contributed by atoms with Gasteiger partial charge in [-0.05, 0) is 126 Å². The quantitative estimate of drug-likeness (QED) is 0.0244. The Labute approximate surface area is 704 Å². The SMILES string of the molecule is OC[C@H]1O[C@H](OCCCOCCn2cc(COc3ccc(-c4c5nc(c(-c6ccc(OCc7cn(CCOCCCO[C@H]8O[C@H](CO)[C@@H](O)[C@H](O)[C@@H]8O)nn7)cc6)c6ccc([nH]6)c(-c6ccc(OCc7cn(CCOCCCO[C@H]8O[C@H](CO)[C@@H](O)[C@H](O)[C@@H]8O)nn7)cc6)c6nc(c(-c7ccccc7)c7ccc4[nH]7)C=C6)C=C5)cc3)nn2)[C@@H](O)[C@@H](O)[C@@H]1O. The summed E-state index contributed by atoms with van der Waals surface area (Å²) in [4.78, 5) is 18.7. The molecule has 123 heavy (non-hydrogen) atoms. The maximum atomic E-state index is 10.3. The smallest absolute Gasteiger partial charge is 0.186 e. The van der Waals surface area contributed by atoms with E-state index >= 15 is 0 Å². The van der Waals surface area contributed by atoms with Crippen molar-refractivity contribution < 1.29 is 118 Å². The normalized spacial score (nSPS) is 23.3. The van der Waals surface area contributed by atoms with Crippen molar-refractivity contribution in [3.63, 3.8) is 0 Å². The molecule has 15 atom stereocenters. The van der Waals surface area contributed by atoms with Gasteiger partial charge in [-0.3, -0.25) is 0 Å². The number of fused-ring (bicyclic) bond motifs is 8. The van der Waals surface area contributed by atoms with E-state index in [0.29, 0.717) is 130 Å². The number of aliphatic hydroxyl groups excluding tert-OH is 12. The maximum absolute atomic E-state index is 10.3. The van der Waals surface area contributed by atoms with Crippen LogP contribution in [0.25, 0.3) is 90.9 Å². The van der Waals surface area contributed by atoms with Crippen LogP contribution in [0, 0.1) is 0 Å². The summed E-state index contributed by atoms with van der Waals surface area (Å²) in [5.41, 5.74) is 14.4. The number of ether oxygens (including phenoxy) is 12. The molecule has 0 radical (unpaired) electrons. The Balaban J connectivity index is 0.658. The summed E-state index contributed by atoms with van der Waals surface area (Å²) >= 11 is 0. The predicted octanol–water partition coefficient (Wildman–Crippen LogP) is 3.50. The second-order valence-corrected chi connectivity index (χ2v) is 29.8.